The molecule has 3 aromatic rings. The summed E-state index contributed by atoms with van der Waals surface area (Å²) in [7, 11) is 0. The highest BCUT2D eigenvalue weighted by molar-refractivity contribution is 7.80. The van der Waals surface area contributed by atoms with Gasteiger partial charge in [-0.05, 0) is 80.5 Å². The molecule has 1 fully saturated rings. The number of nitrogens with zero attached hydrogens (tertiary/aromatic N) is 2. The van der Waals surface area contributed by atoms with Crippen LogP contribution < -0.4 is 10.2 Å². The van der Waals surface area contributed by atoms with Gasteiger partial charge in [0.15, 0.2) is 5.11 Å². The first-order chi connectivity index (χ1) is 12.5. The molecule has 2 atom stereocenters. The lowest BCUT2D eigenvalue weighted by molar-refractivity contribution is 0.575. The molecule has 1 aliphatic rings. The summed E-state index contributed by atoms with van der Waals surface area (Å²) >= 11 is 7.58. The Hall–Kier alpha value is -2.24. The standard InChI is InChI=1S/C21H21N3S2/c1-13-10-14(2)12-16(11-13)24-20(18-8-7-15(3)26-18)19(23-21(24)25)17-6-4-5-9-22-17/h4-12,19-20H,1-3H3,(H,23,25). The second-order valence-electron chi connectivity index (χ2n) is 6.79. The van der Waals surface area contributed by atoms with E-state index in [9.17, 15) is 0 Å². The maximum Gasteiger partial charge on any atom is 0.174 e. The van der Waals surface area contributed by atoms with Crippen LogP contribution in [0.15, 0.2) is 54.7 Å². The third-order valence-corrected chi connectivity index (χ3v) is 6.02. The molecule has 0 bridgehead atoms. The maximum absolute atomic E-state index is 5.76. The fourth-order valence-corrected chi connectivity index (χ4v) is 4.98. The van der Waals surface area contributed by atoms with Crippen molar-refractivity contribution in [3.8, 4) is 0 Å². The van der Waals surface area contributed by atoms with Crippen molar-refractivity contribution < 1.29 is 0 Å². The van der Waals surface area contributed by atoms with Gasteiger partial charge in [-0.3, -0.25) is 4.98 Å². The van der Waals surface area contributed by atoms with Crippen LogP contribution in [-0.2, 0) is 0 Å². The molecule has 5 heteroatoms. The Bertz CT molecular complexity index is 929. The van der Waals surface area contributed by atoms with Gasteiger partial charge in [0.2, 0.25) is 0 Å². The van der Waals surface area contributed by atoms with Gasteiger partial charge in [0.25, 0.3) is 0 Å². The smallest absolute Gasteiger partial charge is 0.174 e. The zero-order valence-corrected chi connectivity index (χ0v) is 16.7. The number of pyridine rings is 1. The number of benzene rings is 1. The van der Waals surface area contributed by atoms with E-state index < -0.39 is 0 Å². The fraction of sp³-hybridized carbons (Fsp3) is 0.238. The van der Waals surface area contributed by atoms with E-state index in [0.29, 0.717) is 0 Å². The fourth-order valence-electron chi connectivity index (χ4n) is 3.62. The molecular formula is C21H21N3S2. The van der Waals surface area contributed by atoms with Crippen molar-refractivity contribution >= 4 is 34.4 Å². The van der Waals surface area contributed by atoms with Crippen LogP contribution in [0.1, 0.15) is 38.7 Å². The predicted molar refractivity (Wildman–Crippen MR) is 113 cm³/mol. The zero-order chi connectivity index (χ0) is 18.3. The minimum atomic E-state index is 0.0302. The molecule has 0 amide bonds. The quantitative estimate of drug-likeness (QED) is 0.630. The highest BCUT2D eigenvalue weighted by Crippen LogP contribution is 2.43. The van der Waals surface area contributed by atoms with Crippen molar-refractivity contribution in [3.63, 3.8) is 0 Å². The molecule has 0 spiro atoms. The lowest BCUT2D eigenvalue weighted by atomic mass is 10.0. The first-order valence-corrected chi connectivity index (χ1v) is 9.91. The van der Waals surface area contributed by atoms with E-state index in [0.717, 1.165) is 16.5 Å². The second kappa shape index (κ2) is 6.82. The Kier molecular flexibility index (Phi) is 4.51. The number of aryl methyl sites for hydroxylation is 3. The molecule has 0 aliphatic carbocycles. The molecular weight excluding hydrogens is 358 g/mol. The molecule has 1 aromatic carbocycles. The molecule has 1 aliphatic heterocycles. The number of nitrogens with one attached hydrogen (secondary N) is 1. The number of hydrogen-bond acceptors (Lipinski definition) is 3. The normalized spacial score (nSPS) is 19.7. The van der Waals surface area contributed by atoms with E-state index in [2.05, 4.69) is 72.4 Å². The molecule has 1 saturated heterocycles. The van der Waals surface area contributed by atoms with Crippen molar-refractivity contribution in [1.29, 1.82) is 0 Å². The van der Waals surface area contributed by atoms with Gasteiger partial charge in [0.1, 0.15) is 0 Å². The van der Waals surface area contributed by atoms with Crippen molar-refractivity contribution in [1.82, 2.24) is 10.3 Å². The Labute approximate surface area is 163 Å². The Morgan fingerprint density at radius 2 is 1.81 bits per heavy atom. The predicted octanol–water partition coefficient (Wildman–Crippen LogP) is 5.25. The van der Waals surface area contributed by atoms with E-state index in [1.54, 1.807) is 0 Å². The van der Waals surface area contributed by atoms with Crippen LogP contribution in [0, 0.1) is 20.8 Å². The number of rotatable bonds is 3. The van der Waals surface area contributed by atoms with Crippen LogP contribution in [-0.4, -0.2) is 10.1 Å². The van der Waals surface area contributed by atoms with Gasteiger partial charge in [0, 0.05) is 21.6 Å². The second-order valence-corrected chi connectivity index (χ2v) is 8.50. The van der Waals surface area contributed by atoms with Gasteiger partial charge in [0.05, 0.1) is 17.8 Å². The SMILES string of the molecule is Cc1cc(C)cc(N2C(=S)NC(c3ccccn3)C2c2ccc(C)s2)c1. The van der Waals surface area contributed by atoms with Gasteiger partial charge in [-0.2, -0.15) is 0 Å². The molecule has 0 radical (unpaired) electrons. The molecule has 3 heterocycles. The van der Waals surface area contributed by atoms with Crippen molar-refractivity contribution in [2.24, 2.45) is 0 Å². The largest absolute Gasteiger partial charge is 0.351 e. The number of anilines is 1. The third kappa shape index (κ3) is 3.13. The first-order valence-electron chi connectivity index (χ1n) is 8.68. The monoisotopic (exact) mass is 379 g/mol. The van der Waals surface area contributed by atoms with E-state index in [-0.39, 0.29) is 12.1 Å². The maximum atomic E-state index is 5.76. The molecule has 2 unspecified atom stereocenters. The van der Waals surface area contributed by atoms with Crippen LogP contribution in [0.3, 0.4) is 0 Å². The highest BCUT2D eigenvalue weighted by atomic mass is 32.1. The Morgan fingerprint density at radius 3 is 2.42 bits per heavy atom. The van der Waals surface area contributed by atoms with Crippen LogP contribution >= 0.6 is 23.6 Å². The molecule has 0 saturated carbocycles. The highest BCUT2D eigenvalue weighted by Gasteiger charge is 2.41. The van der Waals surface area contributed by atoms with Gasteiger partial charge < -0.3 is 10.2 Å². The Morgan fingerprint density at radius 1 is 1.04 bits per heavy atom. The van der Waals surface area contributed by atoms with Crippen LogP contribution in [0.4, 0.5) is 5.69 Å². The lowest BCUT2D eigenvalue weighted by Gasteiger charge is -2.27. The van der Waals surface area contributed by atoms with Gasteiger partial charge >= 0.3 is 0 Å². The first kappa shape index (κ1) is 17.2. The van der Waals surface area contributed by atoms with Gasteiger partial charge in [-0.15, -0.1) is 11.3 Å². The summed E-state index contributed by atoms with van der Waals surface area (Å²) in [6.07, 6.45) is 1.84. The number of thiocarbonyl (C=S) groups is 1. The number of thiophene rings is 1. The molecule has 132 valence electrons. The molecule has 1 N–H and O–H groups in total. The summed E-state index contributed by atoms with van der Waals surface area (Å²) in [5.74, 6) is 0. The minimum absolute atomic E-state index is 0.0302. The Balaban J connectivity index is 1.85. The van der Waals surface area contributed by atoms with E-state index in [4.69, 9.17) is 12.2 Å². The minimum Gasteiger partial charge on any atom is -0.351 e. The summed E-state index contributed by atoms with van der Waals surface area (Å²) < 4.78 is 0. The van der Waals surface area contributed by atoms with Crippen molar-refractivity contribution in [3.05, 3.63) is 81.3 Å². The zero-order valence-electron chi connectivity index (χ0n) is 15.1. The number of hydrogen-bond donors (Lipinski definition) is 1. The summed E-state index contributed by atoms with van der Waals surface area (Å²) in [5, 5.41) is 4.27. The molecule has 3 nitrogen and oxygen atoms in total. The molecule has 4 rings (SSSR count). The topological polar surface area (TPSA) is 28.2 Å². The summed E-state index contributed by atoms with van der Waals surface area (Å²) in [6, 6.07) is 17.2. The third-order valence-electron chi connectivity index (χ3n) is 4.64. The average Bonchev–Trinajstić information content (AvgIpc) is 3.18. The molecule has 2 aromatic heterocycles. The van der Waals surface area contributed by atoms with Crippen LogP contribution in [0.5, 0.6) is 0 Å². The van der Waals surface area contributed by atoms with E-state index >= 15 is 0 Å². The van der Waals surface area contributed by atoms with Crippen molar-refractivity contribution in [2.75, 3.05) is 4.90 Å². The van der Waals surface area contributed by atoms with Crippen LogP contribution in [0.2, 0.25) is 0 Å². The summed E-state index contributed by atoms with van der Waals surface area (Å²) in [4.78, 5) is 9.45. The lowest BCUT2D eigenvalue weighted by Crippen LogP contribution is -2.29. The average molecular weight is 380 g/mol. The van der Waals surface area contributed by atoms with Crippen LogP contribution in [0.25, 0.3) is 0 Å². The van der Waals surface area contributed by atoms with Gasteiger partial charge in [-0.25, -0.2) is 0 Å². The van der Waals surface area contributed by atoms with Gasteiger partial charge in [-0.1, -0.05) is 12.1 Å². The summed E-state index contributed by atoms with van der Waals surface area (Å²) in [5.41, 5.74) is 4.63. The van der Waals surface area contributed by atoms with E-state index in [1.807, 2.05) is 29.7 Å². The molecule has 26 heavy (non-hydrogen) atoms. The number of aromatic nitrogens is 1. The summed E-state index contributed by atoms with van der Waals surface area (Å²) in [6.45, 7) is 6.40. The van der Waals surface area contributed by atoms with Crippen molar-refractivity contribution in [2.45, 2.75) is 32.9 Å². The van der Waals surface area contributed by atoms with E-state index in [1.165, 1.54) is 20.9 Å².